The largest absolute Gasteiger partial charge is 0.522 e. The molecule has 0 spiro atoms. The van der Waals surface area contributed by atoms with E-state index in [4.69, 9.17) is 18.2 Å². The molecule has 0 amide bonds. The first-order valence-electron chi connectivity index (χ1n) is 2.01. The summed E-state index contributed by atoms with van der Waals surface area (Å²) in [6.45, 7) is 1.43. The third kappa shape index (κ3) is 10.1. The van der Waals surface area contributed by atoms with Crippen LogP contribution in [-0.4, -0.2) is 18.5 Å². The summed E-state index contributed by atoms with van der Waals surface area (Å²) in [6.07, 6.45) is 0. The molecule has 0 aliphatic rings. The Kier molecular flexibility index (Phi) is 9.83. The Labute approximate surface area is 85.9 Å². The van der Waals surface area contributed by atoms with E-state index < -0.39 is 15.6 Å². The summed E-state index contributed by atoms with van der Waals surface area (Å²) >= 11 is 0. The molecule has 69 valence electrons. The number of rotatable bonds is 0. The molecule has 0 unspecified atom stereocenters. The van der Waals surface area contributed by atoms with Gasteiger partial charge < -0.3 is 0 Å². The molecule has 0 aliphatic heterocycles. The Morgan fingerprint density at radius 3 is 1.50 bits per heavy atom. The van der Waals surface area contributed by atoms with Gasteiger partial charge in [0.2, 0.25) is 0 Å². The van der Waals surface area contributed by atoms with Crippen LogP contribution in [0.3, 0.4) is 0 Å². The van der Waals surface area contributed by atoms with Crippen molar-refractivity contribution < 1.29 is 52.0 Å². The maximum atomic E-state index is 10.7. The number of hydrogen-bond donors (Lipinski definition) is 1. The van der Waals surface area contributed by atoms with E-state index in [-0.39, 0.29) is 25.8 Å². The van der Waals surface area contributed by atoms with Crippen LogP contribution in [0.5, 0.6) is 0 Å². The summed E-state index contributed by atoms with van der Waals surface area (Å²) in [4.78, 5) is 0. The standard InChI is InChI=1S/C2H3N.CHF3O3S.Sc/c1-2-3;2-1(3,4)8(5,6)7;/h1H3;(H,5,6,7);. The van der Waals surface area contributed by atoms with E-state index in [0.717, 1.165) is 0 Å². The van der Waals surface area contributed by atoms with Crippen LogP contribution >= 0.6 is 0 Å². The van der Waals surface area contributed by atoms with Gasteiger partial charge in [0.15, 0.2) is 0 Å². The predicted octanol–water partition coefficient (Wildman–Crippen LogP) is 0.921. The first kappa shape index (κ1) is 18.0. The van der Waals surface area contributed by atoms with Crippen molar-refractivity contribution in [3.8, 4) is 6.07 Å². The molecule has 0 aromatic heterocycles. The van der Waals surface area contributed by atoms with Crippen LogP contribution in [0.4, 0.5) is 13.2 Å². The maximum Gasteiger partial charge on any atom is 0.522 e. The molecule has 1 N–H and O–H groups in total. The number of alkyl halides is 3. The molecule has 0 bridgehead atoms. The van der Waals surface area contributed by atoms with Gasteiger partial charge in [-0.3, -0.25) is 4.55 Å². The van der Waals surface area contributed by atoms with Crippen molar-refractivity contribution in [2.24, 2.45) is 0 Å². The Balaban J connectivity index is -0.000000177. The van der Waals surface area contributed by atoms with Crippen molar-refractivity contribution in [3.63, 3.8) is 0 Å². The zero-order valence-electron chi connectivity index (χ0n) is 5.83. The average molecular weight is 236 g/mol. The molecule has 0 saturated heterocycles. The van der Waals surface area contributed by atoms with Crippen LogP contribution in [0.25, 0.3) is 0 Å². The van der Waals surface area contributed by atoms with Gasteiger partial charge in [0.1, 0.15) is 0 Å². The number of nitrogens with zero attached hydrogens (tertiary/aromatic N) is 1. The Bertz CT molecular complexity index is 240. The van der Waals surface area contributed by atoms with Gasteiger partial charge in [0, 0.05) is 32.8 Å². The summed E-state index contributed by atoms with van der Waals surface area (Å²) in [6, 6.07) is 1.75. The monoisotopic (exact) mass is 236 g/mol. The van der Waals surface area contributed by atoms with Gasteiger partial charge >= 0.3 is 15.6 Å². The van der Waals surface area contributed by atoms with E-state index in [1.807, 2.05) is 0 Å². The summed E-state index contributed by atoms with van der Waals surface area (Å²) in [5, 5.41) is 7.32. The Morgan fingerprint density at radius 2 is 1.50 bits per heavy atom. The molecule has 0 atom stereocenters. The van der Waals surface area contributed by atoms with Crippen LogP contribution in [0, 0.1) is 11.3 Å². The van der Waals surface area contributed by atoms with Crippen molar-refractivity contribution >= 4 is 10.1 Å². The number of nitriles is 1. The molecule has 9 heteroatoms. The van der Waals surface area contributed by atoms with E-state index in [1.54, 1.807) is 6.07 Å². The number of halogens is 3. The predicted molar refractivity (Wildman–Crippen MR) is 28.9 cm³/mol. The van der Waals surface area contributed by atoms with Crippen molar-refractivity contribution in [2.75, 3.05) is 0 Å². The first-order chi connectivity index (χ1) is 4.66. The maximum absolute atomic E-state index is 10.7. The van der Waals surface area contributed by atoms with E-state index >= 15 is 0 Å². The third-order valence-corrected chi connectivity index (χ3v) is 0.877. The molecular formula is C3H4F3NO3SSc. The normalized spacial score (nSPS) is 10.0. The van der Waals surface area contributed by atoms with Crippen molar-refractivity contribution in [2.45, 2.75) is 12.4 Å². The van der Waals surface area contributed by atoms with E-state index in [9.17, 15) is 13.2 Å². The first-order valence-corrected chi connectivity index (χ1v) is 3.45. The van der Waals surface area contributed by atoms with Gasteiger partial charge in [-0.25, -0.2) is 0 Å². The smallest absolute Gasteiger partial charge is 0.279 e. The minimum Gasteiger partial charge on any atom is -0.279 e. The molecule has 12 heavy (non-hydrogen) atoms. The van der Waals surface area contributed by atoms with Gasteiger partial charge in [-0.1, -0.05) is 0 Å². The Morgan fingerprint density at radius 1 is 1.42 bits per heavy atom. The van der Waals surface area contributed by atoms with Gasteiger partial charge in [0.25, 0.3) is 0 Å². The summed E-state index contributed by atoms with van der Waals surface area (Å²) in [5.74, 6) is 0. The molecule has 0 saturated carbocycles. The molecule has 0 aliphatic carbocycles. The van der Waals surface area contributed by atoms with E-state index in [2.05, 4.69) is 0 Å². The van der Waals surface area contributed by atoms with Crippen molar-refractivity contribution in [1.29, 1.82) is 5.26 Å². The van der Waals surface area contributed by atoms with Crippen LogP contribution in [0.1, 0.15) is 6.92 Å². The van der Waals surface area contributed by atoms with Gasteiger partial charge in [-0.05, 0) is 0 Å². The number of hydrogen-bond acceptors (Lipinski definition) is 3. The van der Waals surface area contributed by atoms with Crippen LogP contribution < -0.4 is 0 Å². The molecular weight excluding hydrogens is 232 g/mol. The van der Waals surface area contributed by atoms with Crippen LogP contribution in [0.15, 0.2) is 0 Å². The van der Waals surface area contributed by atoms with Crippen LogP contribution in [-0.2, 0) is 36.0 Å². The molecule has 0 aromatic rings. The van der Waals surface area contributed by atoms with Crippen molar-refractivity contribution in [3.05, 3.63) is 0 Å². The summed E-state index contributed by atoms with van der Waals surface area (Å²) < 4.78 is 57.5. The zero-order chi connectivity index (χ0) is 9.71. The van der Waals surface area contributed by atoms with Gasteiger partial charge in [-0.15, -0.1) is 0 Å². The minimum absolute atomic E-state index is 0. The minimum atomic E-state index is -5.84. The second-order valence-electron chi connectivity index (χ2n) is 1.14. The molecule has 0 fully saturated rings. The molecule has 0 aromatic carbocycles. The second kappa shape index (κ2) is 6.56. The third-order valence-electron chi connectivity index (χ3n) is 0.292. The Hall–Kier alpha value is 0.0601. The molecule has 4 nitrogen and oxygen atoms in total. The topological polar surface area (TPSA) is 78.2 Å². The SMILES string of the molecule is CC#N.O=S(=O)(O)C(F)(F)F.[Sc]. The van der Waals surface area contributed by atoms with Crippen LogP contribution in [0.2, 0.25) is 0 Å². The second-order valence-corrected chi connectivity index (χ2v) is 2.56. The quantitative estimate of drug-likeness (QED) is 0.501. The van der Waals surface area contributed by atoms with Gasteiger partial charge in [0.05, 0.1) is 6.07 Å². The van der Waals surface area contributed by atoms with E-state index in [0.29, 0.717) is 0 Å². The summed E-state index contributed by atoms with van der Waals surface area (Å²) in [7, 11) is -5.84. The molecule has 0 rings (SSSR count). The fourth-order valence-corrected chi connectivity index (χ4v) is 0. The average Bonchev–Trinajstić information content (AvgIpc) is 1.60. The summed E-state index contributed by atoms with van der Waals surface area (Å²) in [5.41, 5.74) is -5.53. The van der Waals surface area contributed by atoms with Gasteiger partial charge in [-0.2, -0.15) is 26.9 Å². The zero-order valence-corrected chi connectivity index (χ0v) is 8.45. The fraction of sp³-hybridized carbons (Fsp3) is 0.667. The van der Waals surface area contributed by atoms with E-state index in [1.165, 1.54) is 6.92 Å². The molecule has 0 heterocycles. The fourth-order valence-electron chi connectivity index (χ4n) is 0. The van der Waals surface area contributed by atoms with Crippen molar-refractivity contribution in [1.82, 2.24) is 0 Å². The molecule has 1 radical (unpaired) electrons.